The molecule has 0 fully saturated rings. The molecule has 2 aliphatic rings. The van der Waals surface area contributed by atoms with Gasteiger partial charge in [-0.1, -0.05) is 18.2 Å². The van der Waals surface area contributed by atoms with E-state index in [1.807, 2.05) is 0 Å². The molecule has 0 bridgehead atoms. The number of carbonyl (C=O) groups is 1. The smallest absolute Gasteiger partial charge is 0.410 e. The van der Waals surface area contributed by atoms with E-state index in [4.69, 9.17) is 14.2 Å². The average molecular weight is 460 g/mol. The fourth-order valence-electron chi connectivity index (χ4n) is 3.97. The highest BCUT2D eigenvalue weighted by Crippen LogP contribution is 2.45. The Balaban J connectivity index is 1.45. The topological polar surface area (TPSA) is 86.6 Å². The number of fused-ring (bicyclic) bond motifs is 2. The van der Waals surface area contributed by atoms with E-state index in [1.54, 1.807) is 42.5 Å². The first-order chi connectivity index (χ1) is 15.8. The maximum Gasteiger partial charge on any atom is 0.410 e. The molecule has 33 heavy (non-hydrogen) atoms. The third-order valence-electron chi connectivity index (χ3n) is 5.58. The predicted octanol–water partition coefficient (Wildman–Crippen LogP) is 4.53. The van der Waals surface area contributed by atoms with Crippen LogP contribution in [0, 0.1) is 0 Å². The minimum Gasteiger partial charge on any atom is -0.495 e. The van der Waals surface area contributed by atoms with E-state index < -0.39 is 24.2 Å². The van der Waals surface area contributed by atoms with Gasteiger partial charge < -0.3 is 24.8 Å². The number of methoxy groups -OCH3 is 1. The number of rotatable bonds is 4. The molecule has 0 saturated heterocycles. The number of ether oxygens (including phenoxy) is 3. The van der Waals surface area contributed by atoms with Gasteiger partial charge in [-0.25, -0.2) is 4.68 Å². The Morgan fingerprint density at radius 3 is 2.76 bits per heavy atom. The van der Waals surface area contributed by atoms with Crippen molar-refractivity contribution in [1.82, 2.24) is 9.78 Å². The molecular formula is C22H19F3N4O4. The zero-order valence-corrected chi connectivity index (χ0v) is 17.3. The van der Waals surface area contributed by atoms with Gasteiger partial charge in [0.25, 0.3) is 5.91 Å². The number of carbonyl (C=O) groups excluding carboxylic acids is 1. The first-order valence-corrected chi connectivity index (χ1v) is 10.1. The summed E-state index contributed by atoms with van der Waals surface area (Å²) in [6.45, 7) is 0.0689. The average Bonchev–Trinajstić information content (AvgIpc) is 3.44. The lowest BCUT2D eigenvalue weighted by Crippen LogP contribution is -2.35. The number of hydrogen-bond donors (Lipinski definition) is 2. The summed E-state index contributed by atoms with van der Waals surface area (Å²) in [5.41, 5.74) is 0.847. The fraction of sp³-hybridized carbons (Fsp3) is 0.273. The highest BCUT2D eigenvalue weighted by molar-refractivity contribution is 6.04. The third kappa shape index (κ3) is 3.90. The minimum absolute atomic E-state index is 0.0689. The van der Waals surface area contributed by atoms with E-state index in [0.29, 0.717) is 28.5 Å². The second-order valence-corrected chi connectivity index (χ2v) is 7.62. The van der Waals surface area contributed by atoms with Crippen LogP contribution in [-0.2, 0) is 0 Å². The van der Waals surface area contributed by atoms with Crippen LogP contribution in [0.3, 0.4) is 0 Å². The molecule has 11 heteroatoms. The standard InChI is InChI=1S/C22H19F3N4O4/c1-31-16-5-3-2-4-13(16)27-21(30)15-10-20-26-14(9-19(22(23,24)25)29(20)28-15)12-6-7-17-18(8-12)33-11-32-17/h2-8,10,14,19,26H,9,11H2,1H3,(H,27,30)/t14-,19+/m1/s1. The Morgan fingerprint density at radius 2 is 1.97 bits per heavy atom. The van der Waals surface area contributed by atoms with Crippen LogP contribution < -0.4 is 24.8 Å². The molecule has 2 atom stereocenters. The van der Waals surface area contributed by atoms with Crippen molar-refractivity contribution in [2.75, 3.05) is 24.5 Å². The SMILES string of the molecule is COc1ccccc1NC(=O)c1cc2n(n1)[C@H](C(F)(F)F)C[C@H](c1ccc3c(c1)OCO3)N2. The Bertz CT molecular complexity index is 1210. The number of amides is 1. The molecule has 8 nitrogen and oxygen atoms in total. The number of hydrogen-bond acceptors (Lipinski definition) is 6. The lowest BCUT2D eigenvalue weighted by Gasteiger charge is -2.33. The molecule has 0 saturated carbocycles. The minimum atomic E-state index is -4.56. The predicted molar refractivity (Wildman–Crippen MR) is 112 cm³/mol. The van der Waals surface area contributed by atoms with Crippen molar-refractivity contribution in [2.24, 2.45) is 0 Å². The van der Waals surface area contributed by atoms with Gasteiger partial charge in [0.2, 0.25) is 6.79 Å². The number of aromatic nitrogens is 2. The summed E-state index contributed by atoms with van der Waals surface area (Å²) in [5, 5.41) is 9.67. The van der Waals surface area contributed by atoms with E-state index in [1.165, 1.54) is 13.2 Å². The van der Waals surface area contributed by atoms with Gasteiger partial charge in [-0.3, -0.25) is 4.79 Å². The van der Waals surface area contributed by atoms with Gasteiger partial charge in [-0.15, -0.1) is 0 Å². The number of nitrogens with one attached hydrogen (secondary N) is 2. The van der Waals surface area contributed by atoms with Gasteiger partial charge in [0.1, 0.15) is 11.6 Å². The molecule has 2 N–H and O–H groups in total. The number of halogens is 3. The molecule has 3 aromatic rings. The molecule has 0 radical (unpaired) electrons. The molecular weight excluding hydrogens is 441 g/mol. The summed E-state index contributed by atoms with van der Waals surface area (Å²) >= 11 is 0. The number of nitrogens with zero attached hydrogens (tertiary/aromatic N) is 2. The number of alkyl halides is 3. The second-order valence-electron chi connectivity index (χ2n) is 7.62. The highest BCUT2D eigenvalue weighted by Gasteiger charge is 2.47. The first kappa shape index (κ1) is 21.0. The molecule has 2 aromatic carbocycles. The van der Waals surface area contributed by atoms with Crippen LogP contribution >= 0.6 is 0 Å². The van der Waals surface area contributed by atoms with E-state index in [2.05, 4.69) is 15.7 Å². The van der Waals surface area contributed by atoms with Crippen molar-refractivity contribution in [3.05, 3.63) is 59.8 Å². The van der Waals surface area contributed by atoms with E-state index in [0.717, 1.165) is 4.68 Å². The van der Waals surface area contributed by atoms with Crippen molar-refractivity contribution >= 4 is 17.4 Å². The summed E-state index contributed by atoms with van der Waals surface area (Å²) < 4.78 is 58.5. The number of para-hydroxylation sites is 2. The largest absolute Gasteiger partial charge is 0.495 e. The van der Waals surface area contributed by atoms with Crippen molar-refractivity contribution in [1.29, 1.82) is 0 Å². The van der Waals surface area contributed by atoms with Gasteiger partial charge in [0.15, 0.2) is 23.2 Å². The molecule has 1 amide bonds. The molecule has 0 unspecified atom stereocenters. The second kappa shape index (κ2) is 7.91. The summed E-state index contributed by atoms with van der Waals surface area (Å²) in [5.74, 6) is 0.889. The van der Waals surface area contributed by atoms with Crippen molar-refractivity contribution in [3.8, 4) is 17.2 Å². The van der Waals surface area contributed by atoms with Gasteiger partial charge in [-0.05, 0) is 29.8 Å². The highest BCUT2D eigenvalue weighted by atomic mass is 19.4. The molecule has 5 rings (SSSR count). The van der Waals surface area contributed by atoms with Crippen LogP contribution in [0.15, 0.2) is 48.5 Å². The Hall–Kier alpha value is -3.89. The summed E-state index contributed by atoms with van der Waals surface area (Å²) in [4.78, 5) is 12.8. The molecule has 0 aliphatic carbocycles. The Labute approximate surface area is 186 Å². The monoisotopic (exact) mass is 460 g/mol. The number of benzene rings is 2. The normalized spacial score (nSPS) is 18.9. The number of anilines is 2. The van der Waals surface area contributed by atoms with Crippen molar-refractivity contribution in [2.45, 2.75) is 24.7 Å². The van der Waals surface area contributed by atoms with Crippen LogP contribution in [0.4, 0.5) is 24.7 Å². The molecule has 1 aromatic heterocycles. The van der Waals surface area contributed by atoms with Crippen LogP contribution in [0.5, 0.6) is 17.2 Å². The quantitative estimate of drug-likeness (QED) is 0.595. The fourth-order valence-corrected chi connectivity index (χ4v) is 3.97. The van der Waals surface area contributed by atoms with E-state index in [-0.39, 0.29) is 24.7 Å². The van der Waals surface area contributed by atoms with Crippen LogP contribution in [0.2, 0.25) is 0 Å². The zero-order chi connectivity index (χ0) is 23.2. The van der Waals surface area contributed by atoms with Crippen LogP contribution in [0.25, 0.3) is 0 Å². The maximum atomic E-state index is 13.9. The van der Waals surface area contributed by atoms with Gasteiger partial charge in [0, 0.05) is 12.5 Å². The molecule has 3 heterocycles. The summed E-state index contributed by atoms with van der Waals surface area (Å²) in [6, 6.07) is 10.5. The summed E-state index contributed by atoms with van der Waals surface area (Å²) in [7, 11) is 1.45. The zero-order valence-electron chi connectivity index (χ0n) is 17.3. The maximum absolute atomic E-state index is 13.9. The third-order valence-corrected chi connectivity index (χ3v) is 5.58. The van der Waals surface area contributed by atoms with Gasteiger partial charge >= 0.3 is 6.18 Å². The van der Waals surface area contributed by atoms with Crippen molar-refractivity contribution in [3.63, 3.8) is 0 Å². The van der Waals surface area contributed by atoms with Crippen LogP contribution in [-0.4, -0.2) is 35.8 Å². The molecule has 2 aliphatic heterocycles. The summed E-state index contributed by atoms with van der Waals surface area (Å²) in [6.07, 6.45) is -4.86. The van der Waals surface area contributed by atoms with E-state index >= 15 is 0 Å². The van der Waals surface area contributed by atoms with Gasteiger partial charge in [0.05, 0.1) is 18.8 Å². The van der Waals surface area contributed by atoms with Crippen molar-refractivity contribution < 1.29 is 32.2 Å². The van der Waals surface area contributed by atoms with Gasteiger partial charge in [-0.2, -0.15) is 18.3 Å². The first-order valence-electron chi connectivity index (χ1n) is 10.1. The van der Waals surface area contributed by atoms with Crippen LogP contribution in [0.1, 0.15) is 34.6 Å². The Kier molecular flexibility index (Phi) is 5.03. The molecule has 172 valence electrons. The lowest BCUT2D eigenvalue weighted by atomic mass is 9.96. The molecule has 0 spiro atoms. The lowest BCUT2D eigenvalue weighted by molar-refractivity contribution is -0.173. The van der Waals surface area contributed by atoms with E-state index in [9.17, 15) is 18.0 Å². The Morgan fingerprint density at radius 1 is 1.18 bits per heavy atom.